The van der Waals surface area contributed by atoms with Gasteiger partial charge in [0.25, 0.3) is 19.4 Å². The van der Waals surface area contributed by atoms with Gasteiger partial charge in [-0.25, -0.2) is 65.7 Å². The van der Waals surface area contributed by atoms with Gasteiger partial charge >= 0.3 is 36.0 Å². The molecule has 42 heteroatoms. The molecular formula is C91H86ClF5N18O15S3. The molecule has 9 aliphatic heterocycles. The molecule has 0 spiro atoms. The lowest BCUT2D eigenvalue weighted by Gasteiger charge is -2.38. The molecular weight excluding hydrogens is 1810 g/mol. The zero-order valence-corrected chi connectivity index (χ0v) is 75.0. The Morgan fingerprint density at radius 3 is 1.15 bits per heavy atom. The minimum absolute atomic E-state index is 0.0485. The van der Waals surface area contributed by atoms with Crippen molar-refractivity contribution in [3.05, 3.63) is 278 Å². The van der Waals surface area contributed by atoms with Crippen molar-refractivity contribution in [1.29, 1.82) is 0 Å². The number of amidine groups is 3. The lowest BCUT2D eigenvalue weighted by molar-refractivity contribution is -0.137. The zero-order valence-electron chi connectivity index (χ0n) is 71.8. The van der Waals surface area contributed by atoms with E-state index in [0.29, 0.717) is 177 Å². The van der Waals surface area contributed by atoms with E-state index in [1.165, 1.54) is 86.5 Å². The predicted molar refractivity (Wildman–Crippen MR) is 480 cm³/mol. The van der Waals surface area contributed by atoms with E-state index in [9.17, 15) is 65.1 Å². The molecule has 6 aromatic carbocycles. The Balaban J connectivity index is 0.000000145. The first kappa shape index (κ1) is 92.6. The van der Waals surface area contributed by atoms with Crippen LogP contribution < -0.4 is 30.7 Å². The number of nitrogens with zero attached hydrogens (tertiary/aromatic N) is 15. The number of hydrogen-bond acceptors (Lipinski definition) is 30. The second kappa shape index (κ2) is 41.4. The second-order valence-corrected chi connectivity index (χ2v) is 34.8. The largest absolute Gasteiger partial charge is 0.466 e. The van der Waals surface area contributed by atoms with Crippen LogP contribution in [0.4, 0.5) is 53.4 Å². The summed E-state index contributed by atoms with van der Waals surface area (Å²) < 4.78 is 101. The maximum atomic E-state index is 14.7. The highest BCUT2D eigenvalue weighted by molar-refractivity contribution is 7.12. The molecule has 3 N–H and O–H groups in total. The standard InChI is InChI=1S/C31H30F2N6O5S.C30H28ClFN6O5S.C30H28F2N6O5S/c1-18-22(7-8-23(32)26(18)33)27-25(30(41)43-2)24(35-28(36-27)29-34-9-12-45-29)15-37-10-11-38-21(13-37)14-39(31(38)42)20-5-3-19(4-6-20)16-44-17-40;1-42-29(40)24-23(34-27(28-33-9-12-44-28)35-26(24)21-3-2-4-22(32)25(21)31)15-36-10-11-37-20(13-36)14-38(30(37)41)19-7-5-18(6-8-19)16-43-17-39;1-42-29(40)25-24(34-27(28-33-8-11-44-28)35-26(25)19-4-7-22(31)23(32)12-19)15-36-9-10-37-21(13-36)14-38(30(37)41)20-5-2-18(3-6-20)16-43-17-39/h3-9,12,17,21,27H,10-11,13-16H2,1-2H3,(H,35,36);2-9,12,17,20,26H,10-11,13-16H2,1H3,(H,34,35);2-8,11-12,17,21,26H,9-10,13-16H2,1H3,(H,34,35)/t21-,27-;20-,26-;21-,26-/m000/s1. The Hall–Kier alpha value is -13.7. The predicted octanol–water partition coefficient (Wildman–Crippen LogP) is 10.5. The van der Waals surface area contributed by atoms with E-state index in [1.54, 1.807) is 50.1 Å². The van der Waals surface area contributed by atoms with Crippen LogP contribution in [0.2, 0.25) is 5.02 Å². The van der Waals surface area contributed by atoms with Gasteiger partial charge in [0, 0.05) is 173 Å². The van der Waals surface area contributed by atoms with E-state index in [0.717, 1.165) is 52.0 Å². The number of hydrogen-bond donors (Lipinski definition) is 3. The number of piperazine rings is 3. The molecule has 133 heavy (non-hydrogen) atoms. The molecule has 0 radical (unpaired) electrons. The third-order valence-corrected chi connectivity index (χ3v) is 26.6. The summed E-state index contributed by atoms with van der Waals surface area (Å²) in [7, 11) is 3.81. The van der Waals surface area contributed by atoms with Crippen LogP contribution in [0, 0.1) is 36.0 Å². The Morgan fingerprint density at radius 1 is 0.436 bits per heavy atom. The number of aromatic nitrogens is 3. The van der Waals surface area contributed by atoms with Gasteiger partial charge in [0.15, 0.2) is 55.8 Å². The van der Waals surface area contributed by atoms with Crippen LogP contribution in [0.25, 0.3) is 0 Å². The average molecular weight is 1900 g/mol. The molecule has 3 aromatic heterocycles. The molecule has 0 unspecified atom stereocenters. The number of esters is 3. The van der Waals surface area contributed by atoms with Crippen molar-refractivity contribution in [2.75, 3.05) is 134 Å². The highest BCUT2D eigenvalue weighted by atomic mass is 35.5. The summed E-state index contributed by atoms with van der Waals surface area (Å²) in [5.74, 6) is -5.30. The number of amides is 6. The molecule has 0 saturated carbocycles. The van der Waals surface area contributed by atoms with Gasteiger partial charge in [0.1, 0.15) is 43.8 Å². The molecule has 33 nitrogen and oxygen atoms in total. The number of aliphatic imine (C=N–C) groups is 3. The van der Waals surface area contributed by atoms with Crippen molar-refractivity contribution in [3.8, 4) is 0 Å². The summed E-state index contributed by atoms with van der Waals surface area (Å²) in [6.45, 7) is 10.2. The Morgan fingerprint density at radius 2 is 0.797 bits per heavy atom. The smallest absolute Gasteiger partial charge is 0.338 e. The van der Waals surface area contributed by atoms with E-state index < -0.39 is 65.1 Å². The number of fused-ring (bicyclic) bond motifs is 3. The second-order valence-electron chi connectivity index (χ2n) is 31.7. The fourth-order valence-corrected chi connectivity index (χ4v) is 19.4. The molecule has 0 aliphatic carbocycles. The third-order valence-electron chi connectivity index (χ3n) is 23.9. The van der Waals surface area contributed by atoms with E-state index >= 15 is 0 Å². The normalized spacial score (nSPS) is 20.2. The SMILES string of the molecule is COC(=O)C1=C(CN2CCN3C(=O)N(c4ccc(COC=O)cc4)C[C@@H]3C2)NC(c2nccs2)=N[C@H]1c1ccc(F)c(F)c1.COC(=O)C1=C(CN2CCN3C(=O)N(c4ccc(COC=O)cc4)C[C@@H]3C2)NC(c2nccs2)=N[C@H]1c1ccc(F)c(F)c1C.COC(=O)C1=C(CN2CCN3C(=O)N(c4ccc(COC=O)cc4)C[C@@H]3C2)NC(c2nccs2)=N[C@H]1c1cccc(F)c1Cl. The van der Waals surface area contributed by atoms with Crippen LogP contribution in [0.3, 0.4) is 0 Å². The number of thiazole rings is 3. The molecule has 9 aromatic rings. The van der Waals surface area contributed by atoms with Gasteiger partial charge in [-0.2, -0.15) is 0 Å². The number of benzene rings is 6. The van der Waals surface area contributed by atoms with Crippen LogP contribution in [-0.4, -0.2) is 255 Å². The number of carbonyl (C=O) groups excluding carboxylic acids is 9. The highest BCUT2D eigenvalue weighted by Gasteiger charge is 2.47. The summed E-state index contributed by atoms with van der Waals surface area (Å²) in [4.78, 5) is 156. The fourth-order valence-electron chi connectivity index (χ4n) is 17.4. The number of halogens is 6. The number of urea groups is 3. The molecule has 18 rings (SSSR count). The molecule has 6 atom stereocenters. The average Bonchev–Trinajstić information content (AvgIpc) is 1.52. The number of nitrogens with one attached hydrogen (secondary N) is 3. The van der Waals surface area contributed by atoms with Gasteiger partial charge in [-0.05, 0) is 101 Å². The van der Waals surface area contributed by atoms with Crippen LogP contribution in [0.1, 0.15) is 72.1 Å². The minimum Gasteiger partial charge on any atom is -0.466 e. The van der Waals surface area contributed by atoms with Gasteiger partial charge in [-0.3, -0.25) is 58.8 Å². The monoisotopic (exact) mass is 1900 g/mol. The third kappa shape index (κ3) is 20.1. The van der Waals surface area contributed by atoms with Crippen molar-refractivity contribution in [2.45, 2.75) is 63.0 Å². The van der Waals surface area contributed by atoms with Crippen molar-refractivity contribution >= 4 is 136 Å². The van der Waals surface area contributed by atoms with Crippen LogP contribution in [-0.2, 0) is 77.0 Å². The Bertz CT molecular complexity index is 6100. The van der Waals surface area contributed by atoms with Crippen molar-refractivity contribution in [2.24, 2.45) is 15.0 Å². The molecule has 690 valence electrons. The van der Waals surface area contributed by atoms with Crippen LogP contribution in [0.5, 0.6) is 0 Å². The van der Waals surface area contributed by atoms with Crippen LogP contribution in [0.15, 0.2) is 205 Å². The number of methoxy groups -OCH3 is 3. The van der Waals surface area contributed by atoms with E-state index in [2.05, 4.69) is 45.6 Å². The van der Waals surface area contributed by atoms with E-state index in [1.807, 2.05) is 92.9 Å². The lowest BCUT2D eigenvalue weighted by Crippen LogP contribution is -2.53. The number of carbonyl (C=O) groups is 9. The molecule has 6 fully saturated rings. The number of anilines is 3. The van der Waals surface area contributed by atoms with Gasteiger partial charge in [0.2, 0.25) is 0 Å². The minimum atomic E-state index is -1.05. The van der Waals surface area contributed by atoms with Gasteiger partial charge in [-0.1, -0.05) is 72.3 Å². The van der Waals surface area contributed by atoms with E-state index in [4.69, 9.17) is 55.0 Å². The lowest BCUT2D eigenvalue weighted by atomic mass is 9.92. The Kier molecular flexibility index (Phi) is 28.8. The van der Waals surface area contributed by atoms with Crippen molar-refractivity contribution < 1.29 is 93.5 Å². The molecule has 6 saturated heterocycles. The maximum absolute atomic E-state index is 14.7. The van der Waals surface area contributed by atoms with Crippen molar-refractivity contribution in [3.63, 3.8) is 0 Å². The summed E-state index contributed by atoms with van der Waals surface area (Å²) in [5.41, 5.74) is 7.89. The summed E-state index contributed by atoms with van der Waals surface area (Å²) in [6.07, 6.45) is 4.92. The summed E-state index contributed by atoms with van der Waals surface area (Å²) in [5, 5.41) is 16.9. The van der Waals surface area contributed by atoms with E-state index in [-0.39, 0.29) is 89.9 Å². The number of ether oxygens (including phenoxy) is 6. The quantitative estimate of drug-likeness (QED) is 0.0186. The first-order valence-electron chi connectivity index (χ1n) is 41.9. The van der Waals surface area contributed by atoms with Crippen LogP contribution >= 0.6 is 45.6 Å². The van der Waals surface area contributed by atoms with Gasteiger partial charge in [0.05, 0.1) is 61.2 Å². The maximum Gasteiger partial charge on any atom is 0.338 e. The first-order chi connectivity index (χ1) is 64.5. The van der Waals surface area contributed by atoms with Gasteiger partial charge < -0.3 is 59.1 Å². The molecule has 9 aliphatic rings. The highest BCUT2D eigenvalue weighted by Crippen LogP contribution is 2.42. The topological polar surface area (TPSA) is 350 Å². The Labute approximate surface area is 775 Å². The number of rotatable bonds is 27. The summed E-state index contributed by atoms with van der Waals surface area (Å²) in [6, 6.07) is 28.9. The fraction of sp³-hybridized carbons (Fsp3) is 0.308. The zero-order chi connectivity index (χ0) is 93.3. The van der Waals surface area contributed by atoms with Gasteiger partial charge in [-0.15, -0.1) is 34.0 Å². The molecule has 6 amide bonds. The molecule has 0 bridgehead atoms. The summed E-state index contributed by atoms with van der Waals surface area (Å²) >= 11 is 10.5. The molecule has 12 heterocycles. The first-order valence-corrected chi connectivity index (χ1v) is 44.9. The van der Waals surface area contributed by atoms with Crippen molar-refractivity contribution in [1.82, 2.24) is 60.3 Å².